The second-order valence-electron chi connectivity index (χ2n) is 5.48. The van der Waals surface area contributed by atoms with Gasteiger partial charge in [-0.15, -0.1) is 11.3 Å². The topological polar surface area (TPSA) is 32.3 Å². The van der Waals surface area contributed by atoms with Gasteiger partial charge in [0.2, 0.25) is 5.91 Å². The first kappa shape index (κ1) is 16.8. The third-order valence-corrected chi connectivity index (χ3v) is 5.59. The van der Waals surface area contributed by atoms with E-state index in [0.29, 0.717) is 0 Å². The number of unbranched alkanes of at least 4 members (excludes halogenated alkanes) is 3. The van der Waals surface area contributed by atoms with E-state index in [4.69, 9.17) is 0 Å². The number of hydrogen-bond donors (Lipinski definition) is 1. The number of thioether (sulfide) groups is 1. The molecule has 1 aromatic heterocycles. The molecule has 2 heterocycles. The highest BCUT2D eigenvalue weighted by Crippen LogP contribution is 2.29. The van der Waals surface area contributed by atoms with Crippen LogP contribution in [-0.2, 0) is 4.79 Å². The summed E-state index contributed by atoms with van der Waals surface area (Å²) in [5, 5.41) is 5.57. The maximum absolute atomic E-state index is 12.5. The van der Waals surface area contributed by atoms with Crippen LogP contribution in [0.1, 0.15) is 50.1 Å². The summed E-state index contributed by atoms with van der Waals surface area (Å²) in [6, 6.07) is 4.18. The third-order valence-electron chi connectivity index (χ3n) is 3.97. The molecule has 1 aliphatic heterocycles. The van der Waals surface area contributed by atoms with Crippen LogP contribution in [0.2, 0.25) is 0 Å². The van der Waals surface area contributed by atoms with Gasteiger partial charge in [-0.1, -0.05) is 25.8 Å². The lowest BCUT2D eigenvalue weighted by Gasteiger charge is -2.23. The molecule has 2 atom stereocenters. The van der Waals surface area contributed by atoms with Gasteiger partial charge >= 0.3 is 0 Å². The molecule has 2 unspecified atom stereocenters. The average Bonchev–Trinajstić information content (AvgIpc) is 3.11. The van der Waals surface area contributed by atoms with Gasteiger partial charge in [-0.05, 0) is 42.7 Å². The van der Waals surface area contributed by atoms with Gasteiger partial charge in [-0.2, -0.15) is 11.8 Å². The zero-order valence-electron chi connectivity index (χ0n) is 13.0. The Kier molecular flexibility index (Phi) is 7.07. The molecule has 1 fully saturated rings. The summed E-state index contributed by atoms with van der Waals surface area (Å²) in [5.41, 5.74) is 0. The highest BCUT2D eigenvalue weighted by Gasteiger charge is 2.38. The Hall–Kier alpha value is -0.520. The summed E-state index contributed by atoms with van der Waals surface area (Å²) in [5.74, 6) is 1.53. The Morgan fingerprint density at radius 2 is 2.14 bits per heavy atom. The number of thiophene rings is 1. The quantitative estimate of drug-likeness (QED) is 0.699. The molecule has 1 aromatic rings. The number of amides is 1. The first-order valence-electron chi connectivity index (χ1n) is 7.86. The fourth-order valence-electron chi connectivity index (χ4n) is 2.78. The first-order valence-corrected chi connectivity index (χ1v) is 10.1. The van der Waals surface area contributed by atoms with Gasteiger partial charge in [0.1, 0.15) is 6.17 Å². The normalized spacial score (nSPS) is 22.2. The van der Waals surface area contributed by atoms with Crippen molar-refractivity contribution < 1.29 is 4.79 Å². The zero-order chi connectivity index (χ0) is 15.1. The molecule has 21 heavy (non-hydrogen) atoms. The summed E-state index contributed by atoms with van der Waals surface area (Å²) in [6.45, 7) is 2.96. The Morgan fingerprint density at radius 3 is 2.81 bits per heavy atom. The van der Waals surface area contributed by atoms with Crippen LogP contribution in [0.15, 0.2) is 17.5 Å². The molecular weight excluding hydrogens is 300 g/mol. The molecule has 0 bridgehead atoms. The minimum absolute atomic E-state index is 0.00593. The smallest absolute Gasteiger partial charge is 0.241 e. The van der Waals surface area contributed by atoms with Gasteiger partial charge in [0.25, 0.3) is 0 Å². The predicted molar refractivity (Wildman–Crippen MR) is 92.8 cm³/mol. The second kappa shape index (κ2) is 8.81. The molecule has 0 radical (unpaired) electrons. The Morgan fingerprint density at radius 1 is 1.33 bits per heavy atom. The van der Waals surface area contributed by atoms with E-state index in [1.165, 1.54) is 29.9 Å². The van der Waals surface area contributed by atoms with Gasteiger partial charge in [0.05, 0.1) is 6.04 Å². The molecule has 0 aliphatic carbocycles. The SMILES string of the molecule is CCC1NC(c2cccs2)N(CCCCCCSC)C1=O. The predicted octanol–water partition coefficient (Wildman–Crippen LogP) is 3.88. The Labute approximate surface area is 136 Å². The van der Waals surface area contributed by atoms with Crippen molar-refractivity contribution in [2.75, 3.05) is 18.6 Å². The fourth-order valence-corrected chi connectivity index (χ4v) is 4.06. The van der Waals surface area contributed by atoms with E-state index in [0.717, 1.165) is 19.4 Å². The van der Waals surface area contributed by atoms with Crippen LogP contribution in [0, 0.1) is 0 Å². The Bertz CT molecular complexity index is 422. The van der Waals surface area contributed by atoms with Crippen molar-refractivity contribution in [3.63, 3.8) is 0 Å². The van der Waals surface area contributed by atoms with E-state index in [1.54, 1.807) is 11.3 Å². The molecule has 5 heteroatoms. The van der Waals surface area contributed by atoms with E-state index in [9.17, 15) is 4.79 Å². The van der Waals surface area contributed by atoms with Crippen molar-refractivity contribution in [3.8, 4) is 0 Å². The molecule has 2 rings (SSSR count). The first-order chi connectivity index (χ1) is 10.3. The van der Waals surface area contributed by atoms with Gasteiger partial charge in [0, 0.05) is 11.4 Å². The molecule has 1 saturated heterocycles. The van der Waals surface area contributed by atoms with Gasteiger partial charge < -0.3 is 4.90 Å². The lowest BCUT2D eigenvalue weighted by Crippen LogP contribution is -2.31. The minimum Gasteiger partial charge on any atom is -0.321 e. The molecule has 0 spiro atoms. The van der Waals surface area contributed by atoms with Crippen molar-refractivity contribution in [1.82, 2.24) is 10.2 Å². The van der Waals surface area contributed by atoms with Crippen LogP contribution in [0.25, 0.3) is 0 Å². The minimum atomic E-state index is -0.00593. The maximum Gasteiger partial charge on any atom is 0.241 e. The summed E-state index contributed by atoms with van der Waals surface area (Å²) in [4.78, 5) is 15.8. The highest BCUT2D eigenvalue weighted by atomic mass is 32.2. The lowest BCUT2D eigenvalue weighted by molar-refractivity contribution is -0.130. The molecule has 0 saturated carbocycles. The van der Waals surface area contributed by atoms with E-state index in [2.05, 4.69) is 40.9 Å². The number of nitrogens with one attached hydrogen (secondary N) is 1. The molecule has 1 aliphatic rings. The number of hydrogen-bond acceptors (Lipinski definition) is 4. The van der Waals surface area contributed by atoms with Gasteiger partial charge in [-0.3, -0.25) is 10.1 Å². The molecule has 1 N–H and O–H groups in total. The van der Waals surface area contributed by atoms with Gasteiger partial charge in [0.15, 0.2) is 0 Å². The summed E-state index contributed by atoms with van der Waals surface area (Å²) in [7, 11) is 0. The van der Waals surface area contributed by atoms with Crippen LogP contribution >= 0.6 is 23.1 Å². The average molecular weight is 327 g/mol. The van der Waals surface area contributed by atoms with Crippen molar-refractivity contribution >= 4 is 29.0 Å². The molecule has 118 valence electrons. The Balaban J connectivity index is 1.86. The summed E-state index contributed by atoms with van der Waals surface area (Å²) >= 11 is 3.64. The monoisotopic (exact) mass is 326 g/mol. The second-order valence-corrected chi connectivity index (χ2v) is 7.45. The number of nitrogens with zero attached hydrogens (tertiary/aromatic N) is 1. The largest absolute Gasteiger partial charge is 0.321 e. The van der Waals surface area contributed by atoms with E-state index >= 15 is 0 Å². The van der Waals surface area contributed by atoms with Crippen LogP contribution in [-0.4, -0.2) is 35.4 Å². The molecule has 3 nitrogen and oxygen atoms in total. The lowest BCUT2D eigenvalue weighted by atomic mass is 10.2. The van der Waals surface area contributed by atoms with E-state index < -0.39 is 0 Å². The van der Waals surface area contributed by atoms with Crippen LogP contribution < -0.4 is 5.32 Å². The number of rotatable bonds is 9. The van der Waals surface area contributed by atoms with Crippen molar-refractivity contribution in [2.24, 2.45) is 0 Å². The summed E-state index contributed by atoms with van der Waals surface area (Å²) in [6.07, 6.45) is 8.01. The van der Waals surface area contributed by atoms with Crippen molar-refractivity contribution in [1.29, 1.82) is 0 Å². The van der Waals surface area contributed by atoms with E-state index in [-0.39, 0.29) is 18.1 Å². The third kappa shape index (κ3) is 4.47. The van der Waals surface area contributed by atoms with Gasteiger partial charge in [-0.25, -0.2) is 0 Å². The zero-order valence-corrected chi connectivity index (χ0v) is 14.6. The van der Waals surface area contributed by atoms with Crippen LogP contribution in [0.3, 0.4) is 0 Å². The molecule has 1 amide bonds. The maximum atomic E-state index is 12.5. The highest BCUT2D eigenvalue weighted by molar-refractivity contribution is 7.98. The van der Waals surface area contributed by atoms with Crippen LogP contribution in [0.4, 0.5) is 0 Å². The molecular formula is C16H26N2OS2. The molecule has 0 aromatic carbocycles. The van der Waals surface area contributed by atoms with Crippen molar-refractivity contribution in [3.05, 3.63) is 22.4 Å². The number of carbonyl (C=O) groups excluding carboxylic acids is 1. The number of carbonyl (C=O) groups is 1. The van der Waals surface area contributed by atoms with Crippen molar-refractivity contribution in [2.45, 2.75) is 51.2 Å². The standard InChI is InChI=1S/C16H26N2OS2/c1-3-13-16(19)18(10-6-4-5-7-11-20-2)15(17-13)14-9-8-12-21-14/h8-9,12-13,15,17H,3-7,10-11H2,1-2H3. The fraction of sp³-hybridized carbons (Fsp3) is 0.688. The summed E-state index contributed by atoms with van der Waals surface area (Å²) < 4.78 is 0. The van der Waals surface area contributed by atoms with E-state index in [1.807, 2.05) is 11.8 Å². The van der Waals surface area contributed by atoms with Crippen LogP contribution in [0.5, 0.6) is 0 Å².